The van der Waals surface area contributed by atoms with E-state index in [-0.39, 0.29) is 5.56 Å². The fourth-order valence-electron chi connectivity index (χ4n) is 2.94. The Kier molecular flexibility index (Phi) is 3.57. The second kappa shape index (κ2) is 5.66. The molecule has 0 atom stereocenters. The molecule has 25 heavy (non-hydrogen) atoms. The fraction of sp³-hybridized carbons (Fsp3) is 0.176. The largest absolute Gasteiger partial charge is 0.448 e. The van der Waals surface area contributed by atoms with Crippen LogP contribution >= 0.6 is 15.9 Å². The van der Waals surface area contributed by atoms with Gasteiger partial charge in [-0.05, 0) is 44.0 Å². The number of benzene rings is 1. The fourth-order valence-corrected chi connectivity index (χ4v) is 3.63. The van der Waals surface area contributed by atoms with Gasteiger partial charge in [0.15, 0.2) is 17.9 Å². The monoisotopic (exact) mass is 399 g/mol. The van der Waals surface area contributed by atoms with E-state index in [1.165, 1.54) is 6.39 Å². The van der Waals surface area contributed by atoms with Gasteiger partial charge in [0.2, 0.25) is 0 Å². The van der Waals surface area contributed by atoms with Crippen LogP contribution in [0.5, 0.6) is 0 Å². The van der Waals surface area contributed by atoms with Crippen LogP contribution in [0.4, 0.5) is 0 Å². The molecule has 1 N–H and O–H groups in total. The van der Waals surface area contributed by atoms with Crippen molar-refractivity contribution in [2.75, 3.05) is 0 Å². The molecule has 3 heterocycles. The quantitative estimate of drug-likeness (QED) is 0.557. The van der Waals surface area contributed by atoms with Crippen molar-refractivity contribution in [2.24, 2.45) is 0 Å². The second-order valence-corrected chi connectivity index (χ2v) is 6.79. The van der Waals surface area contributed by atoms with Gasteiger partial charge in [0, 0.05) is 10.7 Å². The van der Waals surface area contributed by atoms with Gasteiger partial charge in [-0.3, -0.25) is 4.79 Å². The van der Waals surface area contributed by atoms with Crippen molar-refractivity contribution in [2.45, 2.75) is 20.8 Å². The minimum absolute atomic E-state index is 0.263. The molecule has 4 rings (SSSR count). The molecule has 0 aliphatic rings. The van der Waals surface area contributed by atoms with Crippen molar-refractivity contribution < 1.29 is 4.42 Å². The highest BCUT2D eigenvalue weighted by molar-refractivity contribution is 9.10. The Hall–Kier alpha value is -2.74. The zero-order valence-electron chi connectivity index (χ0n) is 13.8. The zero-order valence-corrected chi connectivity index (χ0v) is 15.4. The van der Waals surface area contributed by atoms with Crippen molar-refractivity contribution in [1.82, 2.24) is 24.7 Å². The molecule has 126 valence electrons. The van der Waals surface area contributed by atoms with Crippen LogP contribution in [0.2, 0.25) is 0 Å². The summed E-state index contributed by atoms with van der Waals surface area (Å²) in [6, 6.07) is 4.02. The summed E-state index contributed by atoms with van der Waals surface area (Å²) in [4.78, 5) is 23.7. The summed E-state index contributed by atoms with van der Waals surface area (Å²) in [5.41, 5.74) is 3.63. The number of oxazole rings is 1. The number of nitrogens with zero attached hydrogens (tertiary/aromatic N) is 4. The molecule has 0 unspecified atom stereocenters. The smallest absolute Gasteiger partial charge is 0.262 e. The van der Waals surface area contributed by atoms with E-state index in [9.17, 15) is 4.79 Å². The van der Waals surface area contributed by atoms with E-state index in [0.29, 0.717) is 28.3 Å². The van der Waals surface area contributed by atoms with Crippen molar-refractivity contribution in [3.63, 3.8) is 0 Å². The van der Waals surface area contributed by atoms with Crippen molar-refractivity contribution in [3.05, 3.63) is 56.4 Å². The summed E-state index contributed by atoms with van der Waals surface area (Å²) in [7, 11) is 0. The number of hydrogen-bond acceptors (Lipinski definition) is 5. The molecule has 1 aromatic carbocycles. The highest BCUT2D eigenvalue weighted by atomic mass is 79.9. The third-order valence-corrected chi connectivity index (χ3v) is 4.50. The first kappa shape index (κ1) is 15.8. The first-order valence-electron chi connectivity index (χ1n) is 7.61. The summed E-state index contributed by atoms with van der Waals surface area (Å²) in [5.74, 6) is 0.930. The van der Waals surface area contributed by atoms with E-state index in [4.69, 9.17) is 4.42 Å². The molecule has 4 aromatic rings. The van der Waals surface area contributed by atoms with Crippen molar-refractivity contribution >= 4 is 27.0 Å². The number of aryl methyl sites for hydroxylation is 3. The van der Waals surface area contributed by atoms with Gasteiger partial charge in [-0.2, -0.15) is 0 Å². The standard InChI is InChI=1S/C17H14BrN5O2/c1-8-4-11(18)5-9(2)14(8)23-6-12-15(22-23)20-16(21-17(12)24)13-10(3)25-7-19-13/h4-7H,1-3H3,(H,20,21,22,24). The van der Waals surface area contributed by atoms with Crippen LogP contribution in [0.25, 0.3) is 28.2 Å². The topological polar surface area (TPSA) is 89.6 Å². The number of nitrogens with one attached hydrogen (secondary N) is 1. The molecule has 0 bridgehead atoms. The Morgan fingerprint density at radius 3 is 2.56 bits per heavy atom. The Morgan fingerprint density at radius 1 is 1.20 bits per heavy atom. The number of hydrogen-bond donors (Lipinski definition) is 1. The van der Waals surface area contributed by atoms with E-state index in [1.54, 1.807) is 17.8 Å². The number of aromatic nitrogens is 5. The van der Waals surface area contributed by atoms with Crippen LogP contribution in [0, 0.1) is 20.8 Å². The molecule has 0 saturated heterocycles. The third kappa shape index (κ3) is 2.58. The van der Waals surface area contributed by atoms with Crippen LogP contribution in [-0.4, -0.2) is 24.7 Å². The highest BCUT2D eigenvalue weighted by Crippen LogP contribution is 2.25. The predicted octanol–water partition coefficient (Wildman–Crippen LogP) is 3.45. The van der Waals surface area contributed by atoms with Gasteiger partial charge in [0.25, 0.3) is 5.56 Å². The number of rotatable bonds is 2. The Morgan fingerprint density at radius 2 is 1.92 bits per heavy atom. The lowest BCUT2D eigenvalue weighted by molar-refractivity contribution is 0.527. The van der Waals surface area contributed by atoms with E-state index in [2.05, 4.69) is 36.0 Å². The van der Waals surface area contributed by atoms with Crippen LogP contribution < -0.4 is 5.56 Å². The van der Waals surface area contributed by atoms with Gasteiger partial charge < -0.3 is 9.40 Å². The normalized spacial score (nSPS) is 11.4. The predicted molar refractivity (Wildman–Crippen MR) is 96.9 cm³/mol. The van der Waals surface area contributed by atoms with Gasteiger partial charge in [0.1, 0.15) is 16.8 Å². The summed E-state index contributed by atoms with van der Waals surface area (Å²) in [6.07, 6.45) is 3.02. The van der Waals surface area contributed by atoms with E-state index < -0.39 is 0 Å². The highest BCUT2D eigenvalue weighted by Gasteiger charge is 2.16. The molecule has 3 aromatic heterocycles. The minimum atomic E-state index is -0.263. The van der Waals surface area contributed by atoms with Gasteiger partial charge in [-0.25, -0.2) is 14.6 Å². The first-order chi connectivity index (χ1) is 11.9. The van der Waals surface area contributed by atoms with E-state index >= 15 is 0 Å². The zero-order chi connectivity index (χ0) is 17.7. The molecule has 0 fully saturated rings. The van der Waals surface area contributed by atoms with Gasteiger partial charge in [0.05, 0.1) is 5.69 Å². The van der Waals surface area contributed by atoms with Crippen LogP contribution in [0.15, 0.2) is 38.4 Å². The maximum atomic E-state index is 12.5. The SMILES string of the molecule is Cc1cc(Br)cc(C)c1-n1cc2c(=O)[nH]c(-c3ncoc3C)nc2n1. The maximum absolute atomic E-state index is 12.5. The molecular formula is C17H14BrN5O2. The van der Waals surface area contributed by atoms with Crippen LogP contribution in [-0.2, 0) is 0 Å². The molecular weight excluding hydrogens is 386 g/mol. The first-order valence-corrected chi connectivity index (χ1v) is 8.40. The van der Waals surface area contributed by atoms with Crippen LogP contribution in [0.3, 0.4) is 0 Å². The van der Waals surface area contributed by atoms with E-state index in [1.807, 2.05) is 26.0 Å². The molecule has 0 amide bonds. The lowest BCUT2D eigenvalue weighted by atomic mass is 10.1. The molecule has 0 spiro atoms. The lowest BCUT2D eigenvalue weighted by Crippen LogP contribution is -2.08. The average molecular weight is 400 g/mol. The average Bonchev–Trinajstić information content (AvgIpc) is 3.12. The maximum Gasteiger partial charge on any atom is 0.262 e. The molecule has 0 radical (unpaired) electrons. The van der Waals surface area contributed by atoms with Crippen molar-refractivity contribution in [3.8, 4) is 17.2 Å². The molecule has 8 heteroatoms. The molecule has 7 nitrogen and oxygen atoms in total. The van der Waals surface area contributed by atoms with Gasteiger partial charge in [-0.15, -0.1) is 5.10 Å². The third-order valence-electron chi connectivity index (χ3n) is 4.04. The number of aromatic amines is 1. The summed E-state index contributed by atoms with van der Waals surface area (Å²) < 4.78 is 7.89. The molecule has 0 aliphatic carbocycles. The Labute approximate surface area is 150 Å². The number of halogens is 1. The lowest BCUT2D eigenvalue weighted by Gasteiger charge is -2.10. The summed E-state index contributed by atoms with van der Waals surface area (Å²) in [5, 5.41) is 4.93. The van der Waals surface area contributed by atoms with Gasteiger partial charge >= 0.3 is 0 Å². The number of H-pyrrole nitrogens is 1. The van der Waals surface area contributed by atoms with Crippen LogP contribution in [0.1, 0.15) is 16.9 Å². The minimum Gasteiger partial charge on any atom is -0.448 e. The Balaban J connectivity index is 1.94. The summed E-state index contributed by atoms with van der Waals surface area (Å²) >= 11 is 3.49. The second-order valence-electron chi connectivity index (χ2n) is 5.87. The Bertz CT molecular complexity index is 1150. The van der Waals surface area contributed by atoms with E-state index in [0.717, 1.165) is 21.3 Å². The summed E-state index contributed by atoms with van der Waals surface area (Å²) in [6.45, 7) is 5.77. The number of fused-ring (bicyclic) bond motifs is 1. The molecule has 0 aliphatic heterocycles. The molecule has 0 saturated carbocycles. The van der Waals surface area contributed by atoms with Gasteiger partial charge in [-0.1, -0.05) is 15.9 Å². The van der Waals surface area contributed by atoms with Crippen molar-refractivity contribution in [1.29, 1.82) is 0 Å².